The van der Waals surface area contributed by atoms with Gasteiger partial charge in [-0.2, -0.15) is 0 Å². The van der Waals surface area contributed by atoms with Gasteiger partial charge in [0.1, 0.15) is 5.70 Å². The minimum absolute atomic E-state index is 0.115. The van der Waals surface area contributed by atoms with Crippen LogP contribution in [0.3, 0.4) is 0 Å². The minimum Gasteiger partial charge on any atom is -0.395 e. The van der Waals surface area contributed by atoms with Crippen molar-refractivity contribution in [3.05, 3.63) is 75.0 Å². The highest BCUT2D eigenvalue weighted by Crippen LogP contribution is 2.12. The molecule has 5 nitrogen and oxygen atoms in total. The molecule has 0 saturated carbocycles. The molecule has 0 radical (unpaired) electrons. The Hall–Kier alpha value is -2.19. The maximum Gasteiger partial charge on any atom is 0.267 e. The van der Waals surface area contributed by atoms with Crippen LogP contribution < -0.4 is 10.6 Å². The van der Waals surface area contributed by atoms with Gasteiger partial charge in [-0.1, -0.05) is 42.5 Å². The Bertz CT molecular complexity index is 745. The van der Waals surface area contributed by atoms with E-state index < -0.39 is 5.91 Å². The lowest BCUT2D eigenvalue weighted by Gasteiger charge is -2.11. The molecular formula is C18H17IN2O3. The van der Waals surface area contributed by atoms with Crippen LogP contribution >= 0.6 is 22.6 Å². The lowest BCUT2D eigenvalue weighted by Crippen LogP contribution is -2.36. The number of carbonyl (C=O) groups excluding carboxylic acids is 2. The summed E-state index contributed by atoms with van der Waals surface area (Å²) in [6, 6.07) is 16.3. The molecule has 0 spiro atoms. The Morgan fingerprint density at radius 2 is 1.71 bits per heavy atom. The van der Waals surface area contributed by atoms with Crippen LogP contribution in [0.4, 0.5) is 0 Å². The van der Waals surface area contributed by atoms with Gasteiger partial charge in [-0.25, -0.2) is 0 Å². The summed E-state index contributed by atoms with van der Waals surface area (Å²) in [7, 11) is 0. The molecule has 0 atom stereocenters. The molecule has 2 aromatic carbocycles. The first-order chi connectivity index (χ1) is 11.6. The van der Waals surface area contributed by atoms with Crippen molar-refractivity contribution < 1.29 is 14.7 Å². The molecule has 0 aliphatic carbocycles. The first kappa shape index (κ1) is 18.2. The van der Waals surface area contributed by atoms with E-state index in [4.69, 9.17) is 5.11 Å². The van der Waals surface area contributed by atoms with Gasteiger partial charge in [0, 0.05) is 10.1 Å². The highest BCUT2D eigenvalue weighted by atomic mass is 127. The van der Waals surface area contributed by atoms with Crippen molar-refractivity contribution in [3.8, 4) is 0 Å². The van der Waals surface area contributed by atoms with Crippen LogP contribution in [-0.4, -0.2) is 30.1 Å². The van der Waals surface area contributed by atoms with Crippen LogP contribution in [0.2, 0.25) is 0 Å². The smallest absolute Gasteiger partial charge is 0.267 e. The van der Waals surface area contributed by atoms with Gasteiger partial charge in [0.15, 0.2) is 0 Å². The van der Waals surface area contributed by atoms with Crippen LogP contribution in [-0.2, 0) is 4.79 Å². The molecule has 2 aromatic rings. The van der Waals surface area contributed by atoms with Crippen molar-refractivity contribution in [3.63, 3.8) is 0 Å². The summed E-state index contributed by atoms with van der Waals surface area (Å²) in [6.45, 7) is -0.0570. The molecule has 124 valence electrons. The van der Waals surface area contributed by atoms with E-state index >= 15 is 0 Å². The van der Waals surface area contributed by atoms with Crippen molar-refractivity contribution >= 4 is 40.5 Å². The minimum atomic E-state index is -0.452. The Morgan fingerprint density at radius 1 is 1.04 bits per heavy atom. The third kappa shape index (κ3) is 5.17. The van der Waals surface area contributed by atoms with E-state index in [9.17, 15) is 9.59 Å². The fourth-order valence-corrected chi connectivity index (χ4v) is 2.61. The van der Waals surface area contributed by atoms with Gasteiger partial charge in [0.05, 0.1) is 12.2 Å². The molecular weight excluding hydrogens is 419 g/mol. The van der Waals surface area contributed by atoms with E-state index in [1.165, 1.54) is 0 Å². The van der Waals surface area contributed by atoms with Gasteiger partial charge in [0.2, 0.25) is 0 Å². The number of amides is 2. The van der Waals surface area contributed by atoms with Gasteiger partial charge in [-0.15, -0.1) is 0 Å². The number of carbonyl (C=O) groups is 2. The second-order valence-corrected chi connectivity index (χ2v) is 6.04. The maximum absolute atomic E-state index is 12.5. The van der Waals surface area contributed by atoms with Crippen molar-refractivity contribution in [2.24, 2.45) is 0 Å². The monoisotopic (exact) mass is 436 g/mol. The molecule has 2 amide bonds. The van der Waals surface area contributed by atoms with Crippen LogP contribution in [0.1, 0.15) is 15.9 Å². The largest absolute Gasteiger partial charge is 0.395 e. The number of aliphatic hydroxyl groups excluding tert-OH is 1. The average Bonchev–Trinajstić information content (AvgIpc) is 2.60. The zero-order chi connectivity index (χ0) is 17.4. The Morgan fingerprint density at radius 3 is 2.38 bits per heavy atom. The molecule has 0 fully saturated rings. The van der Waals surface area contributed by atoms with Crippen LogP contribution in [0.5, 0.6) is 0 Å². The van der Waals surface area contributed by atoms with E-state index in [1.54, 1.807) is 18.2 Å². The van der Waals surface area contributed by atoms with Crippen LogP contribution in [0.25, 0.3) is 6.08 Å². The lowest BCUT2D eigenvalue weighted by atomic mass is 10.1. The summed E-state index contributed by atoms with van der Waals surface area (Å²) in [5, 5.41) is 14.1. The van der Waals surface area contributed by atoms with E-state index in [0.29, 0.717) is 5.56 Å². The van der Waals surface area contributed by atoms with E-state index in [2.05, 4.69) is 33.2 Å². The molecule has 0 aromatic heterocycles. The van der Waals surface area contributed by atoms with Crippen LogP contribution in [0.15, 0.2) is 60.3 Å². The van der Waals surface area contributed by atoms with Crippen LogP contribution in [0, 0.1) is 3.57 Å². The molecule has 6 heteroatoms. The van der Waals surface area contributed by atoms with E-state index in [1.807, 2.05) is 42.5 Å². The zero-order valence-corrected chi connectivity index (χ0v) is 15.0. The Kier molecular flexibility index (Phi) is 6.95. The predicted octanol–water partition coefficient (Wildman–Crippen LogP) is 2.17. The molecule has 0 heterocycles. The van der Waals surface area contributed by atoms with Gasteiger partial charge in [-0.3, -0.25) is 9.59 Å². The lowest BCUT2D eigenvalue weighted by molar-refractivity contribution is -0.117. The third-order valence-corrected chi connectivity index (χ3v) is 4.06. The number of rotatable bonds is 6. The average molecular weight is 436 g/mol. The molecule has 0 unspecified atom stereocenters. The molecule has 0 saturated heterocycles. The second kappa shape index (κ2) is 9.19. The molecule has 0 aliphatic rings. The summed E-state index contributed by atoms with van der Waals surface area (Å²) in [5.74, 6) is -0.812. The van der Waals surface area contributed by atoms with Crippen molar-refractivity contribution in [2.45, 2.75) is 0 Å². The number of halogens is 1. The van der Waals surface area contributed by atoms with Gasteiger partial charge in [0.25, 0.3) is 11.8 Å². The Labute approximate surface area is 153 Å². The van der Waals surface area contributed by atoms with Gasteiger partial charge in [-0.05, 0) is 46.4 Å². The van der Waals surface area contributed by atoms with Gasteiger partial charge < -0.3 is 15.7 Å². The normalized spacial score (nSPS) is 11.0. The summed E-state index contributed by atoms with van der Waals surface area (Å²) in [6.07, 6.45) is 1.60. The topological polar surface area (TPSA) is 78.4 Å². The highest BCUT2D eigenvalue weighted by molar-refractivity contribution is 14.1. The molecule has 0 aliphatic heterocycles. The molecule has 2 rings (SSSR count). The summed E-state index contributed by atoms with van der Waals surface area (Å²) in [5.41, 5.74) is 1.40. The summed E-state index contributed by atoms with van der Waals surface area (Å²) >= 11 is 2.07. The quantitative estimate of drug-likeness (QED) is 0.480. The SMILES string of the molecule is O=C(NCCO)C(=Cc1ccccc1)NC(=O)c1ccccc1I. The first-order valence-electron chi connectivity index (χ1n) is 7.33. The molecule has 0 bridgehead atoms. The van der Waals surface area contributed by atoms with Gasteiger partial charge >= 0.3 is 0 Å². The Balaban J connectivity index is 2.26. The summed E-state index contributed by atoms with van der Waals surface area (Å²) < 4.78 is 0.794. The number of nitrogens with one attached hydrogen (secondary N) is 2. The fraction of sp³-hybridized carbons (Fsp3) is 0.111. The van der Waals surface area contributed by atoms with E-state index in [0.717, 1.165) is 9.13 Å². The number of aliphatic hydroxyl groups is 1. The highest BCUT2D eigenvalue weighted by Gasteiger charge is 2.15. The van der Waals surface area contributed by atoms with Crippen molar-refractivity contribution in [2.75, 3.05) is 13.2 Å². The van der Waals surface area contributed by atoms with E-state index in [-0.39, 0.29) is 24.8 Å². The second-order valence-electron chi connectivity index (χ2n) is 4.88. The fourth-order valence-electron chi connectivity index (χ4n) is 1.97. The first-order valence-corrected chi connectivity index (χ1v) is 8.41. The maximum atomic E-state index is 12.5. The number of hydrogen-bond donors (Lipinski definition) is 3. The molecule has 3 N–H and O–H groups in total. The summed E-state index contributed by atoms with van der Waals surface area (Å²) in [4.78, 5) is 24.7. The molecule has 24 heavy (non-hydrogen) atoms. The number of benzene rings is 2. The standard InChI is InChI=1S/C18H17IN2O3/c19-15-9-5-4-8-14(15)17(23)21-16(18(24)20-10-11-22)12-13-6-2-1-3-7-13/h1-9,12,22H,10-11H2,(H,20,24)(H,21,23). The number of hydrogen-bond acceptors (Lipinski definition) is 3. The van der Waals surface area contributed by atoms with Crippen molar-refractivity contribution in [1.29, 1.82) is 0 Å². The van der Waals surface area contributed by atoms with Crippen molar-refractivity contribution in [1.82, 2.24) is 10.6 Å². The third-order valence-electron chi connectivity index (χ3n) is 3.12. The predicted molar refractivity (Wildman–Crippen MR) is 101 cm³/mol. The zero-order valence-electron chi connectivity index (χ0n) is 12.8.